The summed E-state index contributed by atoms with van der Waals surface area (Å²) in [4.78, 5) is 19.5. The highest BCUT2D eigenvalue weighted by Gasteiger charge is 2.06. The summed E-state index contributed by atoms with van der Waals surface area (Å²) in [5.41, 5.74) is 4.11. The van der Waals surface area contributed by atoms with E-state index in [0.717, 1.165) is 34.9 Å². The number of aromatic nitrogens is 2. The second-order valence-corrected chi connectivity index (χ2v) is 7.06. The van der Waals surface area contributed by atoms with Gasteiger partial charge in [0, 0.05) is 24.4 Å². The summed E-state index contributed by atoms with van der Waals surface area (Å²) in [6.07, 6.45) is 3.55. The SMILES string of the molecule is CC(=O)NCCCc1ccc(-c2csc(Nc3ccc(Cl)nc3)n2)cc1. The third-order valence-corrected chi connectivity index (χ3v) is 4.73. The third kappa shape index (κ3) is 5.28. The number of amides is 1. The van der Waals surface area contributed by atoms with Crippen molar-refractivity contribution in [2.24, 2.45) is 0 Å². The van der Waals surface area contributed by atoms with Crippen LogP contribution < -0.4 is 10.6 Å². The van der Waals surface area contributed by atoms with Crippen LogP contribution in [0.3, 0.4) is 0 Å². The molecule has 3 aromatic rings. The van der Waals surface area contributed by atoms with Crippen LogP contribution in [0.1, 0.15) is 18.9 Å². The number of rotatable bonds is 7. The van der Waals surface area contributed by atoms with Crippen LogP contribution in [0, 0.1) is 0 Å². The molecular formula is C19H19ClN4OS. The molecule has 2 aromatic heterocycles. The van der Waals surface area contributed by atoms with E-state index < -0.39 is 0 Å². The zero-order valence-electron chi connectivity index (χ0n) is 14.3. The average molecular weight is 387 g/mol. The molecule has 2 N–H and O–H groups in total. The van der Waals surface area contributed by atoms with Gasteiger partial charge in [-0.15, -0.1) is 11.3 Å². The number of thiazole rings is 1. The lowest BCUT2D eigenvalue weighted by atomic mass is 10.1. The minimum Gasteiger partial charge on any atom is -0.356 e. The van der Waals surface area contributed by atoms with Gasteiger partial charge in [0.05, 0.1) is 17.6 Å². The van der Waals surface area contributed by atoms with Gasteiger partial charge in [-0.05, 0) is 30.5 Å². The van der Waals surface area contributed by atoms with Gasteiger partial charge < -0.3 is 10.6 Å². The van der Waals surface area contributed by atoms with Gasteiger partial charge in [-0.3, -0.25) is 4.79 Å². The molecule has 2 heterocycles. The number of hydrogen-bond donors (Lipinski definition) is 2. The second-order valence-electron chi connectivity index (χ2n) is 5.82. The van der Waals surface area contributed by atoms with Crippen molar-refractivity contribution < 1.29 is 4.79 Å². The number of carbonyl (C=O) groups excluding carboxylic acids is 1. The number of carbonyl (C=O) groups is 1. The van der Waals surface area contributed by atoms with Crippen LogP contribution >= 0.6 is 22.9 Å². The summed E-state index contributed by atoms with van der Waals surface area (Å²) in [5.74, 6) is 0.0164. The molecule has 3 rings (SSSR count). The molecule has 0 spiro atoms. The number of hydrogen-bond acceptors (Lipinski definition) is 5. The van der Waals surface area contributed by atoms with Gasteiger partial charge in [-0.25, -0.2) is 9.97 Å². The zero-order valence-corrected chi connectivity index (χ0v) is 15.9. The van der Waals surface area contributed by atoms with Crippen LogP contribution in [0.2, 0.25) is 5.15 Å². The van der Waals surface area contributed by atoms with Crippen molar-refractivity contribution in [2.45, 2.75) is 19.8 Å². The topological polar surface area (TPSA) is 66.9 Å². The van der Waals surface area contributed by atoms with E-state index in [9.17, 15) is 4.79 Å². The minimum absolute atomic E-state index is 0.0164. The van der Waals surface area contributed by atoms with Gasteiger partial charge >= 0.3 is 0 Å². The van der Waals surface area contributed by atoms with E-state index in [-0.39, 0.29) is 5.91 Å². The Morgan fingerprint density at radius 1 is 1.19 bits per heavy atom. The number of benzene rings is 1. The molecule has 0 aliphatic carbocycles. The first-order valence-corrected chi connectivity index (χ1v) is 9.54. The zero-order chi connectivity index (χ0) is 18.4. The standard InChI is InChI=1S/C19H19ClN4OS/c1-13(25)21-10-2-3-14-4-6-15(7-5-14)17-12-26-19(24-17)23-16-8-9-18(20)22-11-16/h4-9,11-12H,2-3,10H2,1H3,(H,21,25)(H,23,24). The fourth-order valence-electron chi connectivity index (χ4n) is 2.44. The minimum atomic E-state index is 0.0164. The van der Waals surface area contributed by atoms with E-state index in [1.807, 2.05) is 11.4 Å². The number of aryl methyl sites for hydroxylation is 1. The van der Waals surface area contributed by atoms with Crippen LogP contribution in [0.5, 0.6) is 0 Å². The van der Waals surface area contributed by atoms with Crippen molar-refractivity contribution in [1.29, 1.82) is 0 Å². The van der Waals surface area contributed by atoms with Crippen LogP contribution in [-0.4, -0.2) is 22.4 Å². The molecule has 134 valence electrons. The van der Waals surface area contributed by atoms with E-state index in [1.165, 1.54) is 12.5 Å². The van der Waals surface area contributed by atoms with Crippen molar-refractivity contribution in [3.63, 3.8) is 0 Å². The van der Waals surface area contributed by atoms with Gasteiger partial charge in [0.2, 0.25) is 5.91 Å². The van der Waals surface area contributed by atoms with Crippen LogP contribution in [0.25, 0.3) is 11.3 Å². The predicted molar refractivity (Wildman–Crippen MR) is 107 cm³/mol. The highest BCUT2D eigenvalue weighted by Crippen LogP contribution is 2.27. The molecular weight excluding hydrogens is 368 g/mol. The Morgan fingerprint density at radius 3 is 2.69 bits per heavy atom. The Kier molecular flexibility index (Phi) is 6.20. The Balaban J connectivity index is 1.58. The molecule has 0 saturated heterocycles. The average Bonchev–Trinajstić information content (AvgIpc) is 3.10. The highest BCUT2D eigenvalue weighted by atomic mass is 35.5. The van der Waals surface area contributed by atoms with E-state index >= 15 is 0 Å². The predicted octanol–water partition coefficient (Wildman–Crippen LogP) is 4.67. The number of anilines is 2. The number of halogens is 1. The van der Waals surface area contributed by atoms with Crippen molar-refractivity contribution in [1.82, 2.24) is 15.3 Å². The first-order chi connectivity index (χ1) is 12.6. The quantitative estimate of drug-likeness (QED) is 0.457. The molecule has 0 radical (unpaired) electrons. The number of nitrogens with one attached hydrogen (secondary N) is 2. The van der Waals surface area contributed by atoms with Gasteiger partial charge in [0.15, 0.2) is 5.13 Å². The lowest BCUT2D eigenvalue weighted by Crippen LogP contribution is -2.21. The van der Waals surface area contributed by atoms with E-state index in [4.69, 9.17) is 11.6 Å². The number of nitrogens with zero attached hydrogens (tertiary/aromatic N) is 2. The molecule has 0 aliphatic heterocycles. The van der Waals surface area contributed by atoms with E-state index in [1.54, 1.807) is 23.6 Å². The maximum Gasteiger partial charge on any atom is 0.216 e. The molecule has 5 nitrogen and oxygen atoms in total. The number of pyridine rings is 1. The largest absolute Gasteiger partial charge is 0.356 e. The Bertz CT molecular complexity index is 862. The third-order valence-electron chi connectivity index (χ3n) is 3.75. The molecule has 0 aliphatic rings. The summed E-state index contributed by atoms with van der Waals surface area (Å²) in [6, 6.07) is 12.0. The first kappa shape index (κ1) is 18.4. The molecule has 0 bridgehead atoms. The Morgan fingerprint density at radius 2 is 2.00 bits per heavy atom. The molecule has 0 saturated carbocycles. The second kappa shape index (κ2) is 8.78. The van der Waals surface area contributed by atoms with Crippen molar-refractivity contribution in [2.75, 3.05) is 11.9 Å². The van der Waals surface area contributed by atoms with E-state index in [0.29, 0.717) is 11.7 Å². The van der Waals surface area contributed by atoms with E-state index in [2.05, 4.69) is 44.9 Å². The molecule has 1 amide bonds. The molecule has 7 heteroatoms. The Hall–Kier alpha value is -2.44. The van der Waals surface area contributed by atoms with Gasteiger partial charge in [-0.2, -0.15) is 0 Å². The van der Waals surface area contributed by atoms with Gasteiger partial charge in [0.25, 0.3) is 0 Å². The van der Waals surface area contributed by atoms with Crippen molar-refractivity contribution in [3.8, 4) is 11.3 Å². The summed E-state index contributed by atoms with van der Waals surface area (Å²) in [7, 11) is 0. The first-order valence-electron chi connectivity index (χ1n) is 8.28. The highest BCUT2D eigenvalue weighted by molar-refractivity contribution is 7.14. The van der Waals surface area contributed by atoms with Crippen LogP contribution in [0.4, 0.5) is 10.8 Å². The molecule has 1 aromatic carbocycles. The normalized spacial score (nSPS) is 10.5. The summed E-state index contributed by atoms with van der Waals surface area (Å²) < 4.78 is 0. The lowest BCUT2D eigenvalue weighted by molar-refractivity contribution is -0.118. The lowest BCUT2D eigenvalue weighted by Gasteiger charge is -2.04. The summed E-state index contributed by atoms with van der Waals surface area (Å²) >= 11 is 7.34. The van der Waals surface area contributed by atoms with Crippen LogP contribution in [0.15, 0.2) is 48.0 Å². The smallest absolute Gasteiger partial charge is 0.216 e. The van der Waals surface area contributed by atoms with Crippen molar-refractivity contribution in [3.05, 3.63) is 58.7 Å². The van der Waals surface area contributed by atoms with Gasteiger partial charge in [0.1, 0.15) is 5.15 Å². The fourth-order valence-corrected chi connectivity index (χ4v) is 3.29. The van der Waals surface area contributed by atoms with Crippen molar-refractivity contribution >= 4 is 39.7 Å². The molecule has 0 unspecified atom stereocenters. The van der Waals surface area contributed by atoms with Crippen LogP contribution in [-0.2, 0) is 11.2 Å². The maximum absolute atomic E-state index is 10.9. The Labute approximate surface area is 161 Å². The molecule has 26 heavy (non-hydrogen) atoms. The monoisotopic (exact) mass is 386 g/mol. The fraction of sp³-hybridized carbons (Fsp3) is 0.211. The molecule has 0 fully saturated rings. The maximum atomic E-state index is 10.9. The summed E-state index contributed by atoms with van der Waals surface area (Å²) in [6.45, 7) is 2.24. The molecule has 0 atom stereocenters. The summed E-state index contributed by atoms with van der Waals surface area (Å²) in [5, 5.41) is 9.34. The van der Waals surface area contributed by atoms with Gasteiger partial charge in [-0.1, -0.05) is 35.9 Å².